The highest BCUT2D eigenvalue weighted by Crippen LogP contribution is 2.44. The van der Waals surface area contributed by atoms with Crippen LogP contribution < -0.4 is 5.32 Å². The Morgan fingerprint density at radius 3 is 2.69 bits per heavy atom. The Hall–Kier alpha value is -0.0800. The number of nitrogens with zero attached hydrogens (tertiary/aromatic N) is 1. The van der Waals surface area contributed by atoms with Crippen LogP contribution in [0.3, 0.4) is 0 Å². The van der Waals surface area contributed by atoms with E-state index in [1.165, 1.54) is 19.5 Å². The van der Waals surface area contributed by atoms with Gasteiger partial charge in [0.25, 0.3) is 0 Å². The molecular weight excluding hydrogens is 160 g/mol. The van der Waals surface area contributed by atoms with Crippen molar-refractivity contribution in [2.24, 2.45) is 11.8 Å². The molecule has 0 radical (unpaired) electrons. The van der Waals surface area contributed by atoms with Gasteiger partial charge in [0.2, 0.25) is 0 Å². The second-order valence-corrected chi connectivity index (χ2v) is 5.27. The van der Waals surface area contributed by atoms with Crippen LogP contribution in [-0.4, -0.2) is 36.6 Å². The zero-order valence-electron chi connectivity index (χ0n) is 9.30. The Kier molecular flexibility index (Phi) is 2.16. The van der Waals surface area contributed by atoms with Crippen LogP contribution in [0.2, 0.25) is 0 Å². The van der Waals surface area contributed by atoms with Crippen LogP contribution in [0.25, 0.3) is 0 Å². The van der Waals surface area contributed by atoms with Crippen LogP contribution in [0, 0.1) is 11.8 Å². The lowest BCUT2D eigenvalue weighted by atomic mass is 9.77. The second-order valence-electron chi connectivity index (χ2n) is 5.27. The molecule has 2 rings (SSSR count). The van der Waals surface area contributed by atoms with Crippen LogP contribution in [0.1, 0.15) is 27.2 Å². The predicted molar refractivity (Wildman–Crippen MR) is 55.8 cm³/mol. The number of rotatable bonds is 0. The van der Waals surface area contributed by atoms with E-state index in [4.69, 9.17) is 0 Å². The summed E-state index contributed by atoms with van der Waals surface area (Å²) in [6.07, 6.45) is 1.36. The summed E-state index contributed by atoms with van der Waals surface area (Å²) in [6, 6.07) is 0.766. The number of hydrogen-bond donors (Lipinski definition) is 1. The molecular formula is C11H22N2. The molecule has 0 aromatic carbocycles. The van der Waals surface area contributed by atoms with Gasteiger partial charge in [0.1, 0.15) is 0 Å². The van der Waals surface area contributed by atoms with Gasteiger partial charge in [-0.05, 0) is 52.6 Å². The van der Waals surface area contributed by atoms with Gasteiger partial charge in [-0.2, -0.15) is 0 Å². The first-order valence-corrected chi connectivity index (χ1v) is 5.49. The number of nitrogens with one attached hydrogen (secondary N) is 1. The zero-order chi connectivity index (χ0) is 9.64. The fourth-order valence-corrected chi connectivity index (χ4v) is 3.30. The SMILES string of the molecule is CC1C2CCNCC2C(C)(C)N1C. The van der Waals surface area contributed by atoms with Crippen molar-refractivity contribution in [3.8, 4) is 0 Å². The van der Waals surface area contributed by atoms with Gasteiger partial charge in [-0.25, -0.2) is 0 Å². The maximum atomic E-state index is 3.53. The van der Waals surface area contributed by atoms with Gasteiger partial charge in [-0.3, -0.25) is 4.90 Å². The summed E-state index contributed by atoms with van der Waals surface area (Å²) in [6.45, 7) is 9.60. The summed E-state index contributed by atoms with van der Waals surface area (Å²) in [5.41, 5.74) is 0.386. The molecule has 0 aromatic heterocycles. The third-order valence-corrected chi connectivity index (χ3v) is 4.58. The Bertz CT molecular complexity index is 200. The number of hydrogen-bond acceptors (Lipinski definition) is 2. The van der Waals surface area contributed by atoms with Crippen molar-refractivity contribution in [1.82, 2.24) is 10.2 Å². The number of piperidine rings is 1. The fourth-order valence-electron chi connectivity index (χ4n) is 3.30. The summed E-state index contributed by atoms with van der Waals surface area (Å²) < 4.78 is 0. The normalized spacial score (nSPS) is 44.8. The van der Waals surface area contributed by atoms with Crippen LogP contribution in [0.5, 0.6) is 0 Å². The molecule has 0 aromatic rings. The average molecular weight is 182 g/mol. The summed E-state index contributed by atoms with van der Waals surface area (Å²) in [7, 11) is 2.28. The van der Waals surface area contributed by atoms with E-state index < -0.39 is 0 Å². The average Bonchev–Trinajstić information content (AvgIpc) is 2.30. The highest BCUT2D eigenvalue weighted by atomic mass is 15.2. The number of fused-ring (bicyclic) bond motifs is 1. The molecule has 3 unspecified atom stereocenters. The first kappa shape index (κ1) is 9.47. The van der Waals surface area contributed by atoms with Crippen molar-refractivity contribution in [3.05, 3.63) is 0 Å². The third kappa shape index (κ3) is 1.23. The fraction of sp³-hybridized carbons (Fsp3) is 1.00. The molecule has 2 aliphatic heterocycles. The largest absolute Gasteiger partial charge is 0.316 e. The van der Waals surface area contributed by atoms with Crippen molar-refractivity contribution in [2.45, 2.75) is 38.8 Å². The van der Waals surface area contributed by atoms with Crippen LogP contribution in [-0.2, 0) is 0 Å². The minimum absolute atomic E-state index is 0.386. The van der Waals surface area contributed by atoms with Crippen LogP contribution in [0.4, 0.5) is 0 Å². The minimum Gasteiger partial charge on any atom is -0.316 e. The summed E-state index contributed by atoms with van der Waals surface area (Å²) in [4.78, 5) is 2.56. The highest BCUT2D eigenvalue weighted by Gasteiger charge is 2.50. The topological polar surface area (TPSA) is 15.3 Å². The molecule has 1 N–H and O–H groups in total. The molecule has 2 fully saturated rings. The smallest absolute Gasteiger partial charge is 0.0196 e. The molecule has 0 amide bonds. The quantitative estimate of drug-likeness (QED) is 0.608. The maximum absolute atomic E-state index is 3.53. The Labute approximate surface area is 81.7 Å². The van der Waals surface area contributed by atoms with E-state index in [9.17, 15) is 0 Å². The molecule has 76 valence electrons. The highest BCUT2D eigenvalue weighted by molar-refractivity contribution is 5.05. The van der Waals surface area contributed by atoms with E-state index in [0.29, 0.717) is 5.54 Å². The lowest BCUT2D eigenvalue weighted by Gasteiger charge is -2.36. The van der Waals surface area contributed by atoms with E-state index in [1.54, 1.807) is 0 Å². The van der Waals surface area contributed by atoms with Crippen LogP contribution >= 0.6 is 0 Å². The van der Waals surface area contributed by atoms with E-state index >= 15 is 0 Å². The maximum Gasteiger partial charge on any atom is 0.0196 e. The van der Waals surface area contributed by atoms with Crippen molar-refractivity contribution >= 4 is 0 Å². The standard InChI is InChI=1S/C11H22N2/c1-8-9-5-6-12-7-10(9)11(2,3)13(8)4/h8-10,12H,5-7H2,1-4H3. The van der Waals surface area contributed by atoms with Crippen LogP contribution in [0.15, 0.2) is 0 Å². The third-order valence-electron chi connectivity index (χ3n) is 4.58. The first-order valence-electron chi connectivity index (χ1n) is 5.49. The van der Waals surface area contributed by atoms with Gasteiger partial charge in [-0.1, -0.05) is 0 Å². The van der Waals surface area contributed by atoms with Crippen molar-refractivity contribution in [2.75, 3.05) is 20.1 Å². The molecule has 2 nitrogen and oxygen atoms in total. The van der Waals surface area contributed by atoms with E-state index in [0.717, 1.165) is 17.9 Å². The summed E-state index contributed by atoms with van der Waals surface area (Å²) >= 11 is 0. The monoisotopic (exact) mass is 182 g/mol. The predicted octanol–water partition coefficient (Wildman–Crippen LogP) is 1.32. The second kappa shape index (κ2) is 2.96. The molecule has 0 saturated carbocycles. The molecule has 0 aliphatic carbocycles. The number of likely N-dealkylation sites (tertiary alicyclic amines) is 1. The van der Waals surface area contributed by atoms with Gasteiger partial charge in [0.15, 0.2) is 0 Å². The summed E-state index contributed by atoms with van der Waals surface area (Å²) in [5, 5.41) is 3.53. The lowest BCUT2D eigenvalue weighted by molar-refractivity contribution is 0.144. The van der Waals surface area contributed by atoms with E-state index in [-0.39, 0.29) is 0 Å². The van der Waals surface area contributed by atoms with Gasteiger partial charge < -0.3 is 5.32 Å². The lowest BCUT2D eigenvalue weighted by Crippen LogP contribution is -2.46. The van der Waals surface area contributed by atoms with Gasteiger partial charge in [0.05, 0.1) is 0 Å². The Balaban J connectivity index is 2.24. The molecule has 2 heterocycles. The summed E-state index contributed by atoms with van der Waals surface area (Å²) in [5.74, 6) is 1.77. The Morgan fingerprint density at radius 2 is 2.08 bits per heavy atom. The Morgan fingerprint density at radius 1 is 1.38 bits per heavy atom. The van der Waals surface area contributed by atoms with Crippen molar-refractivity contribution in [3.63, 3.8) is 0 Å². The van der Waals surface area contributed by atoms with Crippen molar-refractivity contribution in [1.29, 1.82) is 0 Å². The first-order chi connectivity index (χ1) is 6.05. The molecule has 2 saturated heterocycles. The van der Waals surface area contributed by atoms with Gasteiger partial charge >= 0.3 is 0 Å². The van der Waals surface area contributed by atoms with Gasteiger partial charge in [0, 0.05) is 18.1 Å². The minimum atomic E-state index is 0.386. The van der Waals surface area contributed by atoms with Gasteiger partial charge in [-0.15, -0.1) is 0 Å². The zero-order valence-corrected chi connectivity index (χ0v) is 9.30. The molecule has 2 heteroatoms. The van der Waals surface area contributed by atoms with E-state index in [2.05, 4.69) is 38.0 Å². The molecule has 0 bridgehead atoms. The molecule has 0 spiro atoms. The van der Waals surface area contributed by atoms with Crippen molar-refractivity contribution < 1.29 is 0 Å². The molecule has 3 atom stereocenters. The molecule has 2 aliphatic rings. The molecule has 13 heavy (non-hydrogen) atoms. The van der Waals surface area contributed by atoms with E-state index in [1.807, 2.05) is 0 Å².